The van der Waals surface area contributed by atoms with Crippen molar-refractivity contribution < 1.29 is 0 Å². The first-order chi connectivity index (χ1) is 9.80. The molecule has 0 radical (unpaired) electrons. The first-order valence-corrected chi connectivity index (χ1v) is 8.30. The van der Waals surface area contributed by atoms with Crippen molar-refractivity contribution in [2.45, 2.75) is 57.4 Å². The fourth-order valence-corrected chi connectivity index (χ4v) is 3.50. The highest BCUT2D eigenvalue weighted by Gasteiger charge is 2.33. The zero-order chi connectivity index (χ0) is 14.3. The van der Waals surface area contributed by atoms with Gasteiger partial charge in [-0.05, 0) is 44.3 Å². The molecule has 1 heterocycles. The third-order valence-electron chi connectivity index (χ3n) is 4.94. The van der Waals surface area contributed by atoms with Crippen LogP contribution in [0.25, 0.3) is 0 Å². The van der Waals surface area contributed by atoms with Gasteiger partial charge in [-0.25, -0.2) is 0 Å². The van der Waals surface area contributed by atoms with Gasteiger partial charge in [-0.2, -0.15) is 0 Å². The third kappa shape index (κ3) is 3.83. The SMILES string of the molecule is CCC(CN)(Cc1ccccc1)N1CCCCCCC1. The van der Waals surface area contributed by atoms with Crippen LogP contribution in [-0.2, 0) is 6.42 Å². The molecule has 1 aliphatic rings. The van der Waals surface area contributed by atoms with Crippen LogP contribution in [0.15, 0.2) is 30.3 Å². The van der Waals surface area contributed by atoms with Crippen molar-refractivity contribution in [1.29, 1.82) is 0 Å². The molecular formula is C18H30N2. The summed E-state index contributed by atoms with van der Waals surface area (Å²) in [7, 11) is 0. The standard InChI is InChI=1S/C18H30N2/c1-2-18(16-19,15-17-11-7-6-8-12-17)20-13-9-4-3-5-10-14-20/h6-8,11-12H,2-5,9-10,13-16,19H2,1H3. The molecule has 1 aromatic carbocycles. The maximum Gasteiger partial charge on any atom is 0.0369 e. The summed E-state index contributed by atoms with van der Waals surface area (Å²) in [5, 5.41) is 0. The van der Waals surface area contributed by atoms with E-state index >= 15 is 0 Å². The van der Waals surface area contributed by atoms with Crippen LogP contribution < -0.4 is 5.73 Å². The Morgan fingerprint density at radius 1 is 1.00 bits per heavy atom. The highest BCUT2D eigenvalue weighted by molar-refractivity contribution is 5.18. The molecule has 1 atom stereocenters. The molecule has 1 aliphatic heterocycles. The summed E-state index contributed by atoms with van der Waals surface area (Å²) in [4.78, 5) is 2.69. The Labute approximate surface area is 124 Å². The van der Waals surface area contributed by atoms with Crippen LogP contribution in [0.2, 0.25) is 0 Å². The first kappa shape index (κ1) is 15.5. The number of likely N-dealkylation sites (tertiary alicyclic amines) is 1. The topological polar surface area (TPSA) is 29.3 Å². The number of nitrogens with two attached hydrogens (primary N) is 1. The molecule has 1 saturated heterocycles. The smallest absolute Gasteiger partial charge is 0.0369 e. The van der Waals surface area contributed by atoms with Gasteiger partial charge in [0.05, 0.1) is 0 Å². The lowest BCUT2D eigenvalue weighted by atomic mass is 9.85. The second kappa shape index (κ2) is 7.80. The Morgan fingerprint density at radius 3 is 2.15 bits per heavy atom. The second-order valence-corrected chi connectivity index (χ2v) is 6.20. The van der Waals surface area contributed by atoms with Gasteiger partial charge in [-0.3, -0.25) is 4.90 Å². The monoisotopic (exact) mass is 274 g/mol. The average molecular weight is 274 g/mol. The zero-order valence-corrected chi connectivity index (χ0v) is 13.0. The van der Waals surface area contributed by atoms with Crippen LogP contribution in [0.4, 0.5) is 0 Å². The van der Waals surface area contributed by atoms with E-state index in [0.717, 1.165) is 19.4 Å². The van der Waals surface area contributed by atoms with E-state index in [1.165, 1.54) is 50.8 Å². The summed E-state index contributed by atoms with van der Waals surface area (Å²) in [5.41, 5.74) is 7.82. The Bertz CT molecular complexity index is 362. The molecule has 2 N–H and O–H groups in total. The van der Waals surface area contributed by atoms with Gasteiger partial charge >= 0.3 is 0 Å². The van der Waals surface area contributed by atoms with Crippen molar-refractivity contribution in [3.05, 3.63) is 35.9 Å². The fourth-order valence-electron chi connectivity index (χ4n) is 3.50. The molecule has 1 fully saturated rings. The minimum Gasteiger partial charge on any atom is -0.329 e. The number of rotatable bonds is 5. The minimum atomic E-state index is 0.151. The molecule has 2 heteroatoms. The minimum absolute atomic E-state index is 0.151. The van der Waals surface area contributed by atoms with Gasteiger partial charge in [0.25, 0.3) is 0 Å². The van der Waals surface area contributed by atoms with Gasteiger partial charge in [0, 0.05) is 12.1 Å². The Kier molecular flexibility index (Phi) is 6.06. The largest absolute Gasteiger partial charge is 0.329 e. The molecule has 0 aliphatic carbocycles. The number of hydrogen-bond acceptors (Lipinski definition) is 2. The molecule has 0 bridgehead atoms. The van der Waals surface area contributed by atoms with Crippen LogP contribution in [0.1, 0.15) is 51.0 Å². The Hall–Kier alpha value is -0.860. The highest BCUT2D eigenvalue weighted by atomic mass is 15.2. The van der Waals surface area contributed by atoms with Gasteiger partial charge in [0.1, 0.15) is 0 Å². The lowest BCUT2D eigenvalue weighted by Gasteiger charge is -2.44. The molecule has 2 nitrogen and oxygen atoms in total. The van der Waals surface area contributed by atoms with Gasteiger partial charge in [0.15, 0.2) is 0 Å². The lowest BCUT2D eigenvalue weighted by molar-refractivity contribution is 0.0793. The molecule has 0 saturated carbocycles. The summed E-state index contributed by atoms with van der Waals surface area (Å²) < 4.78 is 0. The summed E-state index contributed by atoms with van der Waals surface area (Å²) in [6.07, 6.45) is 9.05. The maximum atomic E-state index is 6.25. The molecule has 1 aromatic rings. The number of nitrogens with zero attached hydrogens (tertiary/aromatic N) is 1. The van der Waals surface area contributed by atoms with E-state index in [0.29, 0.717) is 0 Å². The van der Waals surface area contributed by atoms with Crippen LogP contribution >= 0.6 is 0 Å². The van der Waals surface area contributed by atoms with Crippen LogP contribution in [0.5, 0.6) is 0 Å². The third-order valence-corrected chi connectivity index (χ3v) is 4.94. The second-order valence-electron chi connectivity index (χ2n) is 6.20. The van der Waals surface area contributed by atoms with Crippen LogP contribution in [-0.4, -0.2) is 30.1 Å². The quantitative estimate of drug-likeness (QED) is 0.889. The summed E-state index contributed by atoms with van der Waals surface area (Å²) in [5.74, 6) is 0. The Balaban J connectivity index is 2.13. The van der Waals surface area contributed by atoms with Crippen molar-refractivity contribution in [3.8, 4) is 0 Å². The van der Waals surface area contributed by atoms with Gasteiger partial charge in [0.2, 0.25) is 0 Å². The van der Waals surface area contributed by atoms with Crippen molar-refractivity contribution in [1.82, 2.24) is 4.90 Å². The zero-order valence-electron chi connectivity index (χ0n) is 13.0. The summed E-state index contributed by atoms with van der Waals surface area (Å²) >= 11 is 0. The van der Waals surface area contributed by atoms with E-state index in [4.69, 9.17) is 5.73 Å². The van der Waals surface area contributed by atoms with Gasteiger partial charge < -0.3 is 5.73 Å². The van der Waals surface area contributed by atoms with Gasteiger partial charge in [-0.1, -0.05) is 56.5 Å². The van der Waals surface area contributed by atoms with Crippen molar-refractivity contribution in [2.24, 2.45) is 5.73 Å². The van der Waals surface area contributed by atoms with E-state index in [1.807, 2.05) is 0 Å². The predicted octanol–water partition coefficient (Wildman–Crippen LogP) is 3.60. The summed E-state index contributed by atoms with van der Waals surface area (Å²) in [6.45, 7) is 5.50. The van der Waals surface area contributed by atoms with Crippen molar-refractivity contribution in [2.75, 3.05) is 19.6 Å². The lowest BCUT2D eigenvalue weighted by Crippen LogP contribution is -2.56. The molecule has 20 heavy (non-hydrogen) atoms. The van der Waals surface area contributed by atoms with E-state index in [1.54, 1.807) is 0 Å². The molecule has 1 unspecified atom stereocenters. The van der Waals surface area contributed by atoms with Crippen LogP contribution in [0.3, 0.4) is 0 Å². The first-order valence-electron chi connectivity index (χ1n) is 8.30. The van der Waals surface area contributed by atoms with Crippen molar-refractivity contribution >= 4 is 0 Å². The molecular weight excluding hydrogens is 244 g/mol. The normalized spacial score (nSPS) is 20.9. The van der Waals surface area contributed by atoms with E-state index < -0.39 is 0 Å². The Morgan fingerprint density at radius 2 is 1.60 bits per heavy atom. The molecule has 0 aromatic heterocycles. The molecule has 0 spiro atoms. The number of benzene rings is 1. The number of hydrogen-bond donors (Lipinski definition) is 1. The summed E-state index contributed by atoms with van der Waals surface area (Å²) in [6, 6.07) is 10.9. The average Bonchev–Trinajstić information content (AvgIpc) is 2.46. The van der Waals surface area contributed by atoms with E-state index in [9.17, 15) is 0 Å². The van der Waals surface area contributed by atoms with Crippen LogP contribution in [0, 0.1) is 0 Å². The van der Waals surface area contributed by atoms with Gasteiger partial charge in [-0.15, -0.1) is 0 Å². The van der Waals surface area contributed by atoms with E-state index in [2.05, 4.69) is 42.2 Å². The highest BCUT2D eigenvalue weighted by Crippen LogP contribution is 2.27. The molecule has 2 rings (SSSR count). The predicted molar refractivity (Wildman–Crippen MR) is 86.9 cm³/mol. The van der Waals surface area contributed by atoms with Crippen molar-refractivity contribution in [3.63, 3.8) is 0 Å². The maximum absolute atomic E-state index is 6.25. The molecule has 112 valence electrons. The molecule has 0 amide bonds. The fraction of sp³-hybridized carbons (Fsp3) is 0.667. The van der Waals surface area contributed by atoms with E-state index in [-0.39, 0.29) is 5.54 Å².